The van der Waals surface area contributed by atoms with Gasteiger partial charge in [-0.05, 0) is 51.3 Å². The average Bonchev–Trinajstić information content (AvgIpc) is 2.44. The number of hydrogen-bond donors (Lipinski definition) is 1. The van der Waals surface area contributed by atoms with Gasteiger partial charge in [-0.1, -0.05) is 0 Å². The first-order chi connectivity index (χ1) is 9.95. The SMILES string of the molecule is CC(C)N1CCCC(CNC(=O)c2cc(F)cc(F)c2)C1. The van der Waals surface area contributed by atoms with Crippen LogP contribution in [-0.2, 0) is 0 Å². The maximum atomic E-state index is 13.1. The Labute approximate surface area is 124 Å². The molecule has 1 atom stereocenters. The summed E-state index contributed by atoms with van der Waals surface area (Å²) < 4.78 is 26.2. The van der Waals surface area contributed by atoms with Crippen molar-refractivity contribution in [3.63, 3.8) is 0 Å². The van der Waals surface area contributed by atoms with Gasteiger partial charge in [0.05, 0.1) is 0 Å². The standard InChI is InChI=1S/C16H22F2N2O/c1-11(2)20-5-3-4-12(10-20)9-19-16(21)13-6-14(17)8-15(18)7-13/h6-8,11-12H,3-5,9-10H2,1-2H3,(H,19,21). The summed E-state index contributed by atoms with van der Waals surface area (Å²) in [7, 11) is 0. The second-order valence-electron chi connectivity index (χ2n) is 5.97. The minimum atomic E-state index is -0.733. The zero-order chi connectivity index (χ0) is 15.4. The highest BCUT2D eigenvalue weighted by Crippen LogP contribution is 2.18. The average molecular weight is 296 g/mol. The van der Waals surface area contributed by atoms with Gasteiger partial charge in [0.25, 0.3) is 5.91 Å². The molecule has 1 aliphatic heterocycles. The van der Waals surface area contributed by atoms with Crippen LogP contribution in [0.15, 0.2) is 18.2 Å². The Balaban J connectivity index is 1.89. The van der Waals surface area contributed by atoms with Gasteiger partial charge in [0, 0.05) is 30.8 Å². The van der Waals surface area contributed by atoms with Crippen LogP contribution in [0.3, 0.4) is 0 Å². The molecular formula is C16H22F2N2O. The predicted molar refractivity (Wildman–Crippen MR) is 78.1 cm³/mol. The Morgan fingerprint density at radius 2 is 2.00 bits per heavy atom. The van der Waals surface area contributed by atoms with Crippen LogP contribution < -0.4 is 5.32 Å². The number of halogens is 2. The third-order valence-electron chi connectivity index (χ3n) is 3.96. The Hall–Kier alpha value is -1.49. The van der Waals surface area contributed by atoms with E-state index in [0.717, 1.165) is 44.1 Å². The predicted octanol–water partition coefficient (Wildman–Crippen LogP) is 2.82. The molecule has 1 fully saturated rings. The Morgan fingerprint density at radius 3 is 2.62 bits per heavy atom. The smallest absolute Gasteiger partial charge is 0.251 e. The van der Waals surface area contributed by atoms with E-state index in [1.165, 1.54) is 0 Å². The van der Waals surface area contributed by atoms with E-state index in [2.05, 4.69) is 24.1 Å². The molecule has 1 amide bonds. The molecule has 1 aliphatic rings. The van der Waals surface area contributed by atoms with E-state index < -0.39 is 17.5 Å². The third kappa shape index (κ3) is 4.49. The molecular weight excluding hydrogens is 274 g/mol. The van der Waals surface area contributed by atoms with Crippen molar-refractivity contribution >= 4 is 5.91 Å². The number of carbonyl (C=O) groups excluding carboxylic acids is 1. The van der Waals surface area contributed by atoms with Crippen molar-refractivity contribution in [2.24, 2.45) is 5.92 Å². The maximum absolute atomic E-state index is 13.1. The summed E-state index contributed by atoms with van der Waals surface area (Å²) in [5.74, 6) is -1.49. The largest absolute Gasteiger partial charge is 0.352 e. The number of likely N-dealkylation sites (tertiary alicyclic amines) is 1. The molecule has 5 heteroatoms. The van der Waals surface area contributed by atoms with Crippen LogP contribution in [0.1, 0.15) is 37.0 Å². The Morgan fingerprint density at radius 1 is 1.33 bits per heavy atom. The van der Waals surface area contributed by atoms with Crippen LogP contribution in [0.5, 0.6) is 0 Å². The fraction of sp³-hybridized carbons (Fsp3) is 0.562. The van der Waals surface area contributed by atoms with E-state index in [0.29, 0.717) is 18.5 Å². The molecule has 0 aromatic heterocycles. The van der Waals surface area contributed by atoms with Crippen LogP contribution in [0.4, 0.5) is 8.78 Å². The van der Waals surface area contributed by atoms with Gasteiger partial charge in [-0.3, -0.25) is 4.79 Å². The molecule has 0 bridgehead atoms. The minimum absolute atomic E-state index is 0.0315. The highest BCUT2D eigenvalue weighted by atomic mass is 19.1. The van der Waals surface area contributed by atoms with Crippen molar-refractivity contribution in [1.82, 2.24) is 10.2 Å². The Bertz CT molecular complexity index is 485. The normalized spacial score (nSPS) is 19.8. The van der Waals surface area contributed by atoms with E-state index in [1.807, 2.05) is 0 Å². The molecule has 3 nitrogen and oxygen atoms in total. The molecule has 2 rings (SSSR count). The van der Waals surface area contributed by atoms with Gasteiger partial charge in [0.15, 0.2) is 0 Å². The highest BCUT2D eigenvalue weighted by molar-refractivity contribution is 5.94. The number of benzene rings is 1. The lowest BCUT2D eigenvalue weighted by molar-refractivity contribution is 0.0921. The van der Waals surface area contributed by atoms with Crippen LogP contribution in [0.25, 0.3) is 0 Å². The molecule has 21 heavy (non-hydrogen) atoms. The van der Waals surface area contributed by atoms with Gasteiger partial charge in [0.1, 0.15) is 11.6 Å². The zero-order valence-corrected chi connectivity index (χ0v) is 12.5. The fourth-order valence-electron chi connectivity index (χ4n) is 2.76. The van der Waals surface area contributed by atoms with Crippen LogP contribution in [0, 0.1) is 17.6 Å². The summed E-state index contributed by atoms with van der Waals surface area (Å²) in [5.41, 5.74) is 0.0315. The molecule has 1 unspecified atom stereocenters. The highest BCUT2D eigenvalue weighted by Gasteiger charge is 2.22. The van der Waals surface area contributed by atoms with Crippen molar-refractivity contribution in [2.45, 2.75) is 32.7 Å². The van der Waals surface area contributed by atoms with Gasteiger partial charge in [0.2, 0.25) is 0 Å². The van der Waals surface area contributed by atoms with Gasteiger partial charge in [-0.25, -0.2) is 8.78 Å². The van der Waals surface area contributed by atoms with E-state index >= 15 is 0 Å². The van der Waals surface area contributed by atoms with Crippen molar-refractivity contribution in [1.29, 1.82) is 0 Å². The lowest BCUT2D eigenvalue weighted by Crippen LogP contribution is -2.43. The van der Waals surface area contributed by atoms with Crippen molar-refractivity contribution in [2.75, 3.05) is 19.6 Å². The van der Waals surface area contributed by atoms with Crippen LogP contribution in [-0.4, -0.2) is 36.5 Å². The quantitative estimate of drug-likeness (QED) is 0.926. The molecule has 116 valence electrons. The lowest BCUT2D eigenvalue weighted by Gasteiger charge is -2.35. The monoisotopic (exact) mass is 296 g/mol. The number of rotatable bonds is 4. The minimum Gasteiger partial charge on any atom is -0.352 e. The number of nitrogens with one attached hydrogen (secondary N) is 1. The van der Waals surface area contributed by atoms with Crippen LogP contribution in [0.2, 0.25) is 0 Å². The summed E-state index contributed by atoms with van der Waals surface area (Å²) in [6.07, 6.45) is 2.19. The second kappa shape index (κ2) is 6.98. The number of hydrogen-bond acceptors (Lipinski definition) is 2. The van der Waals surface area contributed by atoms with Gasteiger partial charge in [-0.2, -0.15) is 0 Å². The molecule has 0 saturated carbocycles. The van der Waals surface area contributed by atoms with Gasteiger partial charge in [-0.15, -0.1) is 0 Å². The molecule has 1 aromatic carbocycles. The first kappa shape index (κ1) is 15.9. The Kier molecular flexibility index (Phi) is 5.28. The van der Waals surface area contributed by atoms with Crippen LogP contribution >= 0.6 is 0 Å². The summed E-state index contributed by atoms with van der Waals surface area (Å²) in [5, 5.41) is 2.78. The van der Waals surface area contributed by atoms with Gasteiger partial charge >= 0.3 is 0 Å². The van der Waals surface area contributed by atoms with E-state index in [1.54, 1.807) is 0 Å². The number of nitrogens with zero attached hydrogens (tertiary/aromatic N) is 1. The van der Waals surface area contributed by atoms with E-state index in [-0.39, 0.29) is 5.56 Å². The molecule has 1 heterocycles. The molecule has 1 N–H and O–H groups in total. The first-order valence-electron chi connectivity index (χ1n) is 7.44. The van der Waals surface area contributed by atoms with E-state index in [4.69, 9.17) is 0 Å². The fourth-order valence-corrected chi connectivity index (χ4v) is 2.76. The lowest BCUT2D eigenvalue weighted by atomic mass is 9.97. The van der Waals surface area contributed by atoms with Crippen molar-refractivity contribution < 1.29 is 13.6 Å². The summed E-state index contributed by atoms with van der Waals surface area (Å²) in [6.45, 7) is 6.92. The number of amides is 1. The topological polar surface area (TPSA) is 32.3 Å². The summed E-state index contributed by atoms with van der Waals surface area (Å²) >= 11 is 0. The molecule has 0 radical (unpaired) electrons. The molecule has 0 aliphatic carbocycles. The number of piperidine rings is 1. The molecule has 1 saturated heterocycles. The third-order valence-corrected chi connectivity index (χ3v) is 3.96. The maximum Gasteiger partial charge on any atom is 0.251 e. The van der Waals surface area contributed by atoms with Crippen molar-refractivity contribution in [3.8, 4) is 0 Å². The first-order valence-corrected chi connectivity index (χ1v) is 7.44. The summed E-state index contributed by atoms with van der Waals surface area (Å²) in [6, 6.07) is 3.37. The molecule has 0 spiro atoms. The van der Waals surface area contributed by atoms with E-state index in [9.17, 15) is 13.6 Å². The number of carbonyl (C=O) groups is 1. The second-order valence-corrected chi connectivity index (χ2v) is 5.97. The van der Waals surface area contributed by atoms with Crippen molar-refractivity contribution in [3.05, 3.63) is 35.4 Å². The zero-order valence-electron chi connectivity index (χ0n) is 12.5. The molecule has 1 aromatic rings. The summed E-state index contributed by atoms with van der Waals surface area (Å²) in [4.78, 5) is 14.3. The van der Waals surface area contributed by atoms with Gasteiger partial charge < -0.3 is 10.2 Å².